The number of nitrogens with one attached hydrogen (secondary N) is 1. The van der Waals surface area contributed by atoms with Crippen LogP contribution in [0.5, 0.6) is 28.7 Å². The van der Waals surface area contributed by atoms with Crippen molar-refractivity contribution in [2.45, 2.75) is 58.2 Å². The summed E-state index contributed by atoms with van der Waals surface area (Å²) >= 11 is 0. The second-order valence-corrected chi connectivity index (χ2v) is 12.5. The van der Waals surface area contributed by atoms with Crippen LogP contribution in [0, 0.1) is 0 Å². The molecule has 5 rings (SSSR count). The molecule has 1 amide bonds. The largest absolute Gasteiger partial charge is 0.493 e. The molecule has 0 saturated heterocycles. The third kappa shape index (κ3) is 7.23. The van der Waals surface area contributed by atoms with E-state index in [1.807, 2.05) is 0 Å². The van der Waals surface area contributed by atoms with Gasteiger partial charge in [-0.3, -0.25) is 14.7 Å². The number of nitrogens with zero attached hydrogens (tertiary/aromatic N) is 1. The number of carbonyl (C=O) groups is 2. The Hall–Kier alpha value is -5.39. The molecule has 1 aromatic heterocycles. The number of hydrogen-bond donors (Lipinski definition) is 1. The summed E-state index contributed by atoms with van der Waals surface area (Å²) in [7, 11) is 7.24. The van der Waals surface area contributed by atoms with Crippen molar-refractivity contribution in [3.63, 3.8) is 0 Å². The highest BCUT2D eigenvalue weighted by molar-refractivity contribution is 6.08. The maximum absolute atomic E-state index is 14.6. The van der Waals surface area contributed by atoms with Crippen molar-refractivity contribution in [2.75, 3.05) is 40.9 Å². The number of esters is 1. The predicted molar refractivity (Wildman–Crippen MR) is 185 cm³/mol. The van der Waals surface area contributed by atoms with Crippen molar-refractivity contribution < 1.29 is 42.7 Å². The fraction of sp³-hybridized carbons (Fsp3) is 0.378. The number of carbonyl (C=O) groups excluding carboxylic acids is 2. The van der Waals surface area contributed by atoms with Crippen LogP contribution in [-0.2, 0) is 9.47 Å². The highest BCUT2D eigenvalue weighted by Gasteiger charge is 2.29. The van der Waals surface area contributed by atoms with Crippen molar-refractivity contribution in [1.29, 1.82) is 0 Å². The van der Waals surface area contributed by atoms with Crippen LogP contribution < -0.4 is 34.6 Å². The van der Waals surface area contributed by atoms with Gasteiger partial charge in [-0.25, -0.2) is 9.59 Å². The van der Waals surface area contributed by atoms with Gasteiger partial charge >= 0.3 is 12.1 Å². The van der Waals surface area contributed by atoms with Crippen molar-refractivity contribution in [2.24, 2.45) is 0 Å². The fourth-order valence-electron chi connectivity index (χ4n) is 6.01. The smallest absolute Gasteiger partial charge is 0.412 e. The molecular formula is C37H42N2O10. The number of anilines is 1. The third-order valence-corrected chi connectivity index (χ3v) is 8.17. The molecule has 1 heterocycles. The van der Waals surface area contributed by atoms with Gasteiger partial charge in [0.05, 0.1) is 47.0 Å². The number of benzene rings is 3. The first-order valence-corrected chi connectivity index (χ1v) is 15.9. The zero-order chi connectivity index (χ0) is 35.5. The Bertz CT molecular complexity index is 1890. The molecule has 1 N–H and O–H groups in total. The maximum atomic E-state index is 14.6. The number of aromatic nitrogens is 1. The molecule has 1 aliphatic rings. The van der Waals surface area contributed by atoms with Crippen LogP contribution in [0.2, 0.25) is 0 Å². The van der Waals surface area contributed by atoms with Gasteiger partial charge in [0, 0.05) is 22.3 Å². The standard InChI is InChI=1S/C37H42N2O10/c1-37(2,3)49-36(42)38-22-13-15-23(16-14-22)39-32(35(41)47-8)31(21-17-29(44-5)33(46-7)30(18-21)45-6)25-19-27(43-4)28(20-26(25)34(39)40)48-24-11-9-10-12-24/h13-20,24H,9-12H2,1-8H3,(H,38,42). The van der Waals surface area contributed by atoms with Gasteiger partial charge in [0.25, 0.3) is 5.56 Å². The van der Waals surface area contributed by atoms with Crippen LogP contribution in [0.15, 0.2) is 53.3 Å². The lowest BCUT2D eigenvalue weighted by Gasteiger charge is -2.22. The lowest BCUT2D eigenvalue weighted by atomic mass is 9.95. The monoisotopic (exact) mass is 674 g/mol. The first-order chi connectivity index (χ1) is 23.4. The maximum Gasteiger partial charge on any atom is 0.412 e. The molecule has 0 aliphatic heterocycles. The summed E-state index contributed by atoms with van der Waals surface area (Å²) in [4.78, 5) is 40.9. The summed E-state index contributed by atoms with van der Waals surface area (Å²) in [6.07, 6.45) is 3.26. The summed E-state index contributed by atoms with van der Waals surface area (Å²) in [6, 6.07) is 13.2. The molecule has 12 heteroatoms. The number of rotatable bonds is 10. The summed E-state index contributed by atoms with van der Waals surface area (Å²) < 4.78 is 41.0. The predicted octanol–water partition coefficient (Wildman–Crippen LogP) is 7.15. The van der Waals surface area contributed by atoms with Crippen molar-refractivity contribution in [3.8, 4) is 45.6 Å². The Balaban J connectivity index is 1.83. The van der Waals surface area contributed by atoms with E-state index in [4.69, 9.17) is 33.2 Å². The van der Waals surface area contributed by atoms with E-state index in [9.17, 15) is 14.4 Å². The van der Waals surface area contributed by atoms with Gasteiger partial charge in [-0.15, -0.1) is 0 Å². The quantitative estimate of drug-likeness (QED) is 0.173. The molecule has 12 nitrogen and oxygen atoms in total. The molecule has 1 fully saturated rings. The second kappa shape index (κ2) is 14.4. The molecule has 0 bridgehead atoms. The van der Waals surface area contributed by atoms with Crippen molar-refractivity contribution in [3.05, 3.63) is 64.6 Å². The number of ether oxygens (including phenoxy) is 7. The van der Waals surface area contributed by atoms with Gasteiger partial charge in [-0.05, 0) is 101 Å². The normalized spacial score (nSPS) is 13.1. The lowest BCUT2D eigenvalue weighted by molar-refractivity contribution is 0.0589. The van der Waals surface area contributed by atoms with Gasteiger partial charge in [-0.1, -0.05) is 0 Å². The number of pyridine rings is 1. The Morgan fingerprint density at radius 3 is 1.90 bits per heavy atom. The Labute approximate surface area is 284 Å². The van der Waals surface area contributed by atoms with Crippen LogP contribution in [-0.4, -0.2) is 63.9 Å². The summed E-state index contributed by atoms with van der Waals surface area (Å²) in [6.45, 7) is 5.30. The molecule has 0 atom stereocenters. The Kier molecular flexibility index (Phi) is 10.3. The molecule has 0 unspecified atom stereocenters. The highest BCUT2D eigenvalue weighted by atomic mass is 16.6. The molecule has 0 radical (unpaired) electrons. The van der Waals surface area contributed by atoms with E-state index >= 15 is 0 Å². The third-order valence-electron chi connectivity index (χ3n) is 8.17. The van der Waals surface area contributed by atoms with Crippen molar-refractivity contribution in [1.82, 2.24) is 4.57 Å². The minimum absolute atomic E-state index is 0.0116. The molecule has 4 aromatic rings. The van der Waals surface area contributed by atoms with Crippen LogP contribution in [0.3, 0.4) is 0 Å². The Morgan fingerprint density at radius 2 is 1.37 bits per heavy atom. The van der Waals surface area contributed by atoms with E-state index in [1.165, 1.54) is 40.1 Å². The van der Waals surface area contributed by atoms with Crippen molar-refractivity contribution >= 4 is 28.5 Å². The van der Waals surface area contributed by atoms with E-state index in [1.54, 1.807) is 69.3 Å². The van der Waals surface area contributed by atoms with E-state index in [0.29, 0.717) is 56.6 Å². The van der Waals surface area contributed by atoms with E-state index < -0.39 is 23.2 Å². The van der Waals surface area contributed by atoms with Crippen LogP contribution in [0.1, 0.15) is 56.9 Å². The van der Waals surface area contributed by atoms with Gasteiger partial charge in [-0.2, -0.15) is 0 Å². The van der Waals surface area contributed by atoms with Gasteiger partial charge in [0.2, 0.25) is 5.75 Å². The average Bonchev–Trinajstić information content (AvgIpc) is 3.59. The van der Waals surface area contributed by atoms with Gasteiger partial charge in [0.15, 0.2) is 23.0 Å². The highest BCUT2D eigenvalue weighted by Crippen LogP contribution is 2.45. The van der Waals surface area contributed by atoms with E-state index in [-0.39, 0.29) is 17.2 Å². The molecule has 3 aromatic carbocycles. The summed E-state index contributed by atoms with van der Waals surface area (Å²) in [5, 5.41) is 3.36. The minimum Gasteiger partial charge on any atom is -0.493 e. The molecule has 49 heavy (non-hydrogen) atoms. The lowest BCUT2D eigenvalue weighted by Crippen LogP contribution is -2.28. The SMILES string of the molecule is COC(=O)c1c(-c2cc(OC)c(OC)c(OC)c2)c2cc(OC)c(OC3CCCC3)cc2c(=O)n1-c1ccc(NC(=O)OC(C)(C)C)cc1. The molecular weight excluding hydrogens is 632 g/mol. The van der Waals surface area contributed by atoms with Crippen LogP contribution in [0.4, 0.5) is 10.5 Å². The number of hydrogen-bond acceptors (Lipinski definition) is 10. The molecule has 260 valence electrons. The number of fused-ring (bicyclic) bond motifs is 1. The zero-order valence-corrected chi connectivity index (χ0v) is 29.1. The molecule has 1 saturated carbocycles. The van der Waals surface area contributed by atoms with Gasteiger partial charge in [0.1, 0.15) is 11.3 Å². The molecule has 0 spiro atoms. The summed E-state index contributed by atoms with van der Waals surface area (Å²) in [5.41, 5.74) is 0.334. The zero-order valence-electron chi connectivity index (χ0n) is 29.1. The minimum atomic E-state index is -0.774. The second-order valence-electron chi connectivity index (χ2n) is 12.5. The van der Waals surface area contributed by atoms with E-state index in [0.717, 1.165) is 25.7 Å². The van der Waals surface area contributed by atoms with Crippen LogP contribution in [0.25, 0.3) is 27.6 Å². The summed E-state index contributed by atoms with van der Waals surface area (Å²) in [5.74, 6) is 1.07. The number of amides is 1. The number of methoxy groups -OCH3 is 5. The first kappa shape index (κ1) is 34.9. The van der Waals surface area contributed by atoms with E-state index in [2.05, 4.69) is 5.32 Å². The first-order valence-electron chi connectivity index (χ1n) is 15.9. The topological polar surface area (TPSA) is 133 Å². The Morgan fingerprint density at radius 1 is 0.776 bits per heavy atom. The molecule has 1 aliphatic carbocycles. The fourth-order valence-corrected chi connectivity index (χ4v) is 6.01. The average molecular weight is 675 g/mol. The van der Waals surface area contributed by atoms with Gasteiger partial charge < -0.3 is 33.2 Å². The van der Waals surface area contributed by atoms with Crippen LogP contribution >= 0.6 is 0 Å².